The highest BCUT2D eigenvalue weighted by atomic mass is 79.9. The van der Waals surface area contributed by atoms with Crippen molar-refractivity contribution in [3.05, 3.63) is 74.5 Å². The average Bonchev–Trinajstić information content (AvgIpc) is 3.00. The van der Waals surface area contributed by atoms with E-state index in [2.05, 4.69) is 39.2 Å². The van der Waals surface area contributed by atoms with Gasteiger partial charge >= 0.3 is 0 Å². The second-order valence-corrected chi connectivity index (χ2v) is 8.10. The average molecular weight is 419 g/mol. The molecule has 24 heavy (non-hydrogen) atoms. The maximum Gasteiger partial charge on any atom is 0.252 e. The number of aromatic nitrogens is 1. The number of amides is 1. The van der Waals surface area contributed by atoms with E-state index in [1.54, 1.807) is 17.5 Å². The lowest BCUT2D eigenvalue weighted by atomic mass is 10.2. The summed E-state index contributed by atoms with van der Waals surface area (Å²) < 4.78 is 0.934. The number of thiophene rings is 1. The third kappa shape index (κ3) is 4.26. The minimum atomic E-state index is -0.0667. The third-order valence-corrected chi connectivity index (χ3v) is 5.94. The summed E-state index contributed by atoms with van der Waals surface area (Å²) in [4.78, 5) is 19.0. The van der Waals surface area contributed by atoms with Crippen LogP contribution in [0.15, 0.2) is 68.4 Å². The first-order chi connectivity index (χ1) is 11.6. The lowest BCUT2D eigenvalue weighted by Gasteiger charge is -2.09. The molecule has 0 aliphatic carbocycles. The zero-order chi connectivity index (χ0) is 16.9. The highest BCUT2D eigenvalue weighted by Gasteiger charge is 2.13. The van der Waals surface area contributed by atoms with Crippen molar-refractivity contribution in [1.29, 1.82) is 0 Å². The molecule has 0 saturated carbocycles. The SMILES string of the molecule is Cc1ccsc1CNC(=O)c1ccccc1Sc1ccc(Br)cn1. The number of halogens is 1. The molecule has 1 aromatic carbocycles. The van der Waals surface area contributed by atoms with Gasteiger partial charge in [0.15, 0.2) is 0 Å². The Morgan fingerprint density at radius 1 is 1.25 bits per heavy atom. The topological polar surface area (TPSA) is 42.0 Å². The first kappa shape index (κ1) is 17.2. The van der Waals surface area contributed by atoms with Crippen LogP contribution >= 0.6 is 39.0 Å². The van der Waals surface area contributed by atoms with Crippen molar-refractivity contribution in [1.82, 2.24) is 10.3 Å². The van der Waals surface area contributed by atoms with Gasteiger partial charge in [-0.25, -0.2) is 4.98 Å². The van der Waals surface area contributed by atoms with E-state index in [9.17, 15) is 4.79 Å². The van der Waals surface area contributed by atoms with Gasteiger partial charge in [-0.3, -0.25) is 4.79 Å². The number of nitrogens with zero attached hydrogens (tertiary/aromatic N) is 1. The van der Waals surface area contributed by atoms with Gasteiger partial charge in [0.1, 0.15) is 5.03 Å². The highest BCUT2D eigenvalue weighted by molar-refractivity contribution is 9.10. The molecule has 0 fully saturated rings. The van der Waals surface area contributed by atoms with Crippen LogP contribution in [0.1, 0.15) is 20.8 Å². The summed E-state index contributed by atoms with van der Waals surface area (Å²) in [6.45, 7) is 2.61. The normalized spacial score (nSPS) is 10.6. The van der Waals surface area contributed by atoms with Gasteiger partial charge in [0.25, 0.3) is 5.91 Å². The molecule has 0 unspecified atom stereocenters. The molecule has 3 nitrogen and oxygen atoms in total. The Morgan fingerprint density at radius 3 is 2.79 bits per heavy atom. The largest absolute Gasteiger partial charge is 0.347 e. The second kappa shape index (κ2) is 7.96. The van der Waals surface area contributed by atoms with Crippen molar-refractivity contribution in [2.45, 2.75) is 23.4 Å². The van der Waals surface area contributed by atoms with Crippen LogP contribution in [0.2, 0.25) is 0 Å². The second-order valence-electron chi connectivity index (χ2n) is 5.12. The molecule has 3 rings (SSSR count). The monoisotopic (exact) mass is 418 g/mol. The van der Waals surface area contributed by atoms with Crippen LogP contribution in [0.4, 0.5) is 0 Å². The van der Waals surface area contributed by atoms with Gasteiger partial charge in [0, 0.05) is 20.4 Å². The fourth-order valence-electron chi connectivity index (χ4n) is 2.12. The van der Waals surface area contributed by atoms with Crippen molar-refractivity contribution in [3.8, 4) is 0 Å². The van der Waals surface area contributed by atoms with E-state index in [0.29, 0.717) is 12.1 Å². The van der Waals surface area contributed by atoms with E-state index in [-0.39, 0.29) is 5.91 Å². The zero-order valence-corrected chi connectivity index (χ0v) is 16.2. The molecule has 6 heteroatoms. The van der Waals surface area contributed by atoms with Crippen molar-refractivity contribution in [3.63, 3.8) is 0 Å². The molecule has 0 saturated heterocycles. The summed E-state index contributed by atoms with van der Waals surface area (Å²) in [6, 6.07) is 13.5. The quantitative estimate of drug-likeness (QED) is 0.611. The molecule has 1 N–H and O–H groups in total. The number of carbonyl (C=O) groups excluding carboxylic acids is 1. The fourth-order valence-corrected chi connectivity index (χ4v) is 4.08. The van der Waals surface area contributed by atoms with E-state index >= 15 is 0 Å². The predicted molar refractivity (Wildman–Crippen MR) is 103 cm³/mol. The maximum absolute atomic E-state index is 12.6. The lowest BCUT2D eigenvalue weighted by molar-refractivity contribution is 0.0948. The smallest absolute Gasteiger partial charge is 0.252 e. The first-order valence-corrected chi connectivity index (χ1v) is 9.82. The number of benzene rings is 1. The van der Waals surface area contributed by atoms with Crippen LogP contribution in [0.25, 0.3) is 0 Å². The van der Waals surface area contributed by atoms with Gasteiger partial charge in [-0.15, -0.1) is 11.3 Å². The van der Waals surface area contributed by atoms with E-state index in [0.717, 1.165) is 14.4 Å². The Morgan fingerprint density at radius 2 is 2.08 bits per heavy atom. The molecule has 0 aliphatic rings. The van der Waals surface area contributed by atoms with Gasteiger partial charge in [-0.1, -0.05) is 23.9 Å². The van der Waals surface area contributed by atoms with Gasteiger partial charge in [0.2, 0.25) is 0 Å². The van der Waals surface area contributed by atoms with Gasteiger partial charge < -0.3 is 5.32 Å². The van der Waals surface area contributed by atoms with Crippen LogP contribution in [0.5, 0.6) is 0 Å². The fraction of sp³-hybridized carbons (Fsp3) is 0.111. The summed E-state index contributed by atoms with van der Waals surface area (Å²) in [5.41, 5.74) is 1.88. The molecule has 0 spiro atoms. The highest BCUT2D eigenvalue weighted by Crippen LogP contribution is 2.29. The Balaban J connectivity index is 1.74. The molecular formula is C18H15BrN2OS2. The molecular weight excluding hydrogens is 404 g/mol. The number of hydrogen-bond acceptors (Lipinski definition) is 4. The number of aryl methyl sites for hydroxylation is 1. The van der Waals surface area contributed by atoms with Crippen LogP contribution < -0.4 is 5.32 Å². The predicted octanol–water partition coefficient (Wildman–Crippen LogP) is 5.30. The van der Waals surface area contributed by atoms with Crippen LogP contribution in [-0.4, -0.2) is 10.9 Å². The first-order valence-electron chi connectivity index (χ1n) is 7.33. The standard InChI is InChI=1S/C18H15BrN2OS2/c1-12-8-9-23-16(12)11-21-18(22)14-4-2-3-5-15(14)24-17-7-6-13(19)10-20-17/h2-10H,11H2,1H3,(H,21,22). The van der Waals surface area contributed by atoms with Gasteiger partial charge in [-0.2, -0.15) is 0 Å². The van der Waals surface area contributed by atoms with E-state index in [4.69, 9.17) is 0 Å². The van der Waals surface area contributed by atoms with Crippen molar-refractivity contribution >= 4 is 44.9 Å². The summed E-state index contributed by atoms with van der Waals surface area (Å²) in [7, 11) is 0. The number of nitrogens with one attached hydrogen (secondary N) is 1. The molecule has 0 radical (unpaired) electrons. The summed E-state index contributed by atoms with van der Waals surface area (Å²) in [5, 5.41) is 5.90. The van der Waals surface area contributed by atoms with E-state index in [1.807, 2.05) is 41.8 Å². The minimum absolute atomic E-state index is 0.0667. The Bertz CT molecular complexity index is 846. The van der Waals surface area contributed by atoms with Crippen LogP contribution in [0.3, 0.4) is 0 Å². The summed E-state index contributed by atoms with van der Waals surface area (Å²) in [6.07, 6.45) is 1.75. The van der Waals surface area contributed by atoms with Crippen molar-refractivity contribution in [2.75, 3.05) is 0 Å². The molecule has 2 heterocycles. The molecule has 2 aromatic heterocycles. The van der Waals surface area contributed by atoms with Crippen LogP contribution in [0, 0.1) is 6.92 Å². The zero-order valence-electron chi connectivity index (χ0n) is 13.0. The van der Waals surface area contributed by atoms with E-state index < -0.39 is 0 Å². The number of rotatable bonds is 5. The Kier molecular flexibility index (Phi) is 5.71. The molecule has 3 aromatic rings. The van der Waals surface area contributed by atoms with Gasteiger partial charge in [-0.05, 0) is 64.1 Å². The number of pyridine rings is 1. The van der Waals surface area contributed by atoms with Gasteiger partial charge in [0.05, 0.1) is 12.1 Å². The maximum atomic E-state index is 12.6. The minimum Gasteiger partial charge on any atom is -0.347 e. The number of hydrogen-bond donors (Lipinski definition) is 1. The Labute approximate surface area is 157 Å². The van der Waals surface area contributed by atoms with Crippen LogP contribution in [-0.2, 0) is 6.54 Å². The number of carbonyl (C=O) groups is 1. The lowest BCUT2D eigenvalue weighted by Crippen LogP contribution is -2.23. The molecule has 122 valence electrons. The summed E-state index contributed by atoms with van der Waals surface area (Å²) in [5.74, 6) is -0.0667. The molecule has 0 aliphatic heterocycles. The molecule has 0 bridgehead atoms. The van der Waals surface area contributed by atoms with Crippen molar-refractivity contribution in [2.24, 2.45) is 0 Å². The molecule has 1 amide bonds. The Hall–Kier alpha value is -1.63. The summed E-state index contributed by atoms with van der Waals surface area (Å²) >= 11 is 6.53. The third-order valence-electron chi connectivity index (χ3n) is 3.42. The van der Waals surface area contributed by atoms with E-state index in [1.165, 1.54) is 22.2 Å². The van der Waals surface area contributed by atoms with Crippen molar-refractivity contribution < 1.29 is 4.79 Å². The molecule has 0 atom stereocenters.